The second kappa shape index (κ2) is 11.5. The maximum absolute atomic E-state index is 2.73. The van der Waals surface area contributed by atoms with Crippen molar-refractivity contribution in [3.63, 3.8) is 0 Å². The van der Waals surface area contributed by atoms with Crippen molar-refractivity contribution in [1.82, 2.24) is 0 Å². The molecule has 0 unspecified atom stereocenters. The summed E-state index contributed by atoms with van der Waals surface area (Å²) in [4.78, 5) is 5.45. The molecule has 264 valence electrons. The first kappa shape index (κ1) is 34.3. The van der Waals surface area contributed by atoms with Gasteiger partial charge in [0.15, 0.2) is 0 Å². The molecule has 9 rings (SSSR count). The molecule has 3 heterocycles. The first-order valence-corrected chi connectivity index (χ1v) is 20.1. The first-order chi connectivity index (χ1) is 25.0. The molecule has 0 saturated heterocycles. The van der Waals surface area contributed by atoms with Gasteiger partial charge >= 0.3 is 6.85 Å². The molecule has 0 bridgehead atoms. The number of benzene rings is 6. The van der Waals surface area contributed by atoms with Gasteiger partial charge in [0.1, 0.15) is 0 Å². The van der Waals surface area contributed by atoms with Crippen molar-refractivity contribution < 1.29 is 0 Å². The van der Waals surface area contributed by atoms with Crippen molar-refractivity contribution in [1.29, 1.82) is 0 Å². The van der Waals surface area contributed by atoms with Crippen LogP contribution in [0.25, 0.3) is 22.3 Å². The van der Waals surface area contributed by atoms with Gasteiger partial charge in [0.25, 0.3) is 0 Å². The lowest BCUT2D eigenvalue weighted by molar-refractivity contribution is 0.574. The minimum atomic E-state index is -0.197. The standard InChI is InChI=1S/C50H50BNS/c1-47(2,3)33-21-25-43-40(28-33)50(9,10)41-29-34(48(4,5)6)27-37-36-26-32(31-16-12-11-13-17-31)20-24-42(36)51(52(43)46(37)41)35-22-23-39-45(30-35)53-44-19-15-14-18-38(44)49(39,7)8/h11-30H,1-10H3. The van der Waals surface area contributed by atoms with Crippen molar-refractivity contribution in [2.45, 2.75) is 101 Å². The zero-order chi connectivity index (χ0) is 37.2. The van der Waals surface area contributed by atoms with E-state index in [1.165, 1.54) is 87.7 Å². The van der Waals surface area contributed by atoms with Crippen molar-refractivity contribution >= 4 is 40.9 Å². The van der Waals surface area contributed by atoms with Gasteiger partial charge in [-0.3, -0.25) is 0 Å². The van der Waals surface area contributed by atoms with Gasteiger partial charge in [-0.15, -0.1) is 0 Å². The van der Waals surface area contributed by atoms with E-state index in [4.69, 9.17) is 0 Å². The van der Waals surface area contributed by atoms with E-state index in [1.807, 2.05) is 11.8 Å². The number of anilines is 2. The summed E-state index contributed by atoms with van der Waals surface area (Å²) in [6, 6.07) is 46.9. The summed E-state index contributed by atoms with van der Waals surface area (Å²) in [6.45, 7) is 23.8. The minimum Gasteiger partial charge on any atom is -0.376 e. The second-order valence-electron chi connectivity index (χ2n) is 18.7. The van der Waals surface area contributed by atoms with Crippen molar-refractivity contribution in [3.8, 4) is 22.3 Å². The molecule has 0 fully saturated rings. The van der Waals surface area contributed by atoms with E-state index in [-0.39, 0.29) is 28.5 Å². The lowest BCUT2D eigenvalue weighted by atomic mass is 9.44. The fraction of sp³-hybridized carbons (Fsp3) is 0.280. The van der Waals surface area contributed by atoms with Crippen LogP contribution < -0.4 is 15.7 Å². The van der Waals surface area contributed by atoms with Gasteiger partial charge in [-0.1, -0.05) is 178 Å². The van der Waals surface area contributed by atoms with Crippen LogP contribution in [0.1, 0.15) is 103 Å². The van der Waals surface area contributed by atoms with Crippen molar-refractivity contribution in [2.24, 2.45) is 0 Å². The highest BCUT2D eigenvalue weighted by atomic mass is 32.2. The van der Waals surface area contributed by atoms with Crippen LogP contribution in [0.3, 0.4) is 0 Å². The topological polar surface area (TPSA) is 3.24 Å². The average Bonchev–Trinajstić information content (AvgIpc) is 3.12. The smallest absolute Gasteiger partial charge is 0.328 e. The van der Waals surface area contributed by atoms with Crippen LogP contribution in [0.4, 0.5) is 11.4 Å². The SMILES string of the molecule is CC(C)(C)c1ccc2c(c1)C(C)(C)c1cc(C(C)(C)C)cc3c1N2B(c1ccc2c(c1)Sc1ccccc1C2(C)C)c1ccc(-c2ccccc2)cc1-3. The second-order valence-corrected chi connectivity index (χ2v) is 19.8. The van der Waals surface area contributed by atoms with E-state index in [9.17, 15) is 0 Å². The van der Waals surface area contributed by atoms with Crippen molar-refractivity contribution in [3.05, 3.63) is 155 Å². The summed E-state index contributed by atoms with van der Waals surface area (Å²) in [7, 11) is 0. The maximum atomic E-state index is 2.73. The molecule has 3 aliphatic heterocycles. The van der Waals surface area contributed by atoms with E-state index in [0.29, 0.717) is 0 Å². The monoisotopic (exact) mass is 707 g/mol. The Morgan fingerprint density at radius 3 is 1.91 bits per heavy atom. The maximum Gasteiger partial charge on any atom is 0.328 e. The fourth-order valence-electron chi connectivity index (χ4n) is 9.21. The average molecular weight is 708 g/mol. The molecule has 53 heavy (non-hydrogen) atoms. The Kier molecular flexibility index (Phi) is 7.46. The number of hydrogen-bond donors (Lipinski definition) is 0. The van der Waals surface area contributed by atoms with Gasteiger partial charge in [0.05, 0.1) is 0 Å². The molecule has 6 aromatic carbocycles. The molecule has 3 aliphatic rings. The Morgan fingerprint density at radius 1 is 0.509 bits per heavy atom. The number of fused-ring (bicyclic) bond motifs is 6. The fourth-order valence-corrected chi connectivity index (χ4v) is 10.7. The third-order valence-corrected chi connectivity index (χ3v) is 13.6. The molecule has 3 heteroatoms. The quantitative estimate of drug-likeness (QED) is 0.165. The lowest BCUT2D eigenvalue weighted by Gasteiger charge is -2.49. The van der Waals surface area contributed by atoms with E-state index in [0.717, 1.165) is 0 Å². The molecule has 0 aliphatic carbocycles. The molecule has 0 spiro atoms. The van der Waals surface area contributed by atoms with Gasteiger partial charge in [0, 0.05) is 37.6 Å². The molecule has 0 radical (unpaired) electrons. The van der Waals surface area contributed by atoms with Gasteiger partial charge < -0.3 is 4.81 Å². The van der Waals surface area contributed by atoms with Crippen LogP contribution in [0, 0.1) is 0 Å². The zero-order valence-electron chi connectivity index (χ0n) is 33.0. The van der Waals surface area contributed by atoms with Crippen LogP contribution in [-0.2, 0) is 21.7 Å². The predicted molar refractivity (Wildman–Crippen MR) is 230 cm³/mol. The van der Waals surface area contributed by atoms with E-state index < -0.39 is 0 Å². The van der Waals surface area contributed by atoms with Gasteiger partial charge in [0.2, 0.25) is 0 Å². The van der Waals surface area contributed by atoms with E-state index >= 15 is 0 Å². The Bertz CT molecular complexity index is 2460. The van der Waals surface area contributed by atoms with Crippen LogP contribution in [0.2, 0.25) is 0 Å². The zero-order valence-corrected chi connectivity index (χ0v) is 33.8. The molecule has 1 nitrogen and oxygen atoms in total. The summed E-state index contributed by atoms with van der Waals surface area (Å²) < 4.78 is 0. The Labute approximate surface area is 322 Å². The summed E-state index contributed by atoms with van der Waals surface area (Å²) in [6.07, 6.45) is 0. The largest absolute Gasteiger partial charge is 0.376 e. The van der Waals surface area contributed by atoms with Gasteiger partial charge in [-0.25, -0.2) is 0 Å². The highest BCUT2D eigenvalue weighted by Crippen LogP contribution is 2.56. The highest BCUT2D eigenvalue weighted by Gasteiger charge is 2.47. The Hall–Kier alpha value is -4.47. The van der Waals surface area contributed by atoms with Crippen LogP contribution in [0.5, 0.6) is 0 Å². The first-order valence-electron chi connectivity index (χ1n) is 19.3. The van der Waals surface area contributed by atoms with Gasteiger partial charge in [-0.2, -0.15) is 0 Å². The van der Waals surface area contributed by atoms with Crippen LogP contribution >= 0.6 is 11.8 Å². The van der Waals surface area contributed by atoms with Crippen LogP contribution in [0.15, 0.2) is 131 Å². The number of nitrogens with zero attached hydrogens (tertiary/aromatic N) is 1. The third kappa shape index (κ3) is 5.21. The predicted octanol–water partition coefficient (Wildman–Crippen LogP) is 12.3. The number of rotatable bonds is 2. The molecular formula is C50H50BNS. The number of hydrogen-bond acceptors (Lipinski definition) is 2. The van der Waals surface area contributed by atoms with Crippen molar-refractivity contribution in [2.75, 3.05) is 4.81 Å². The third-order valence-electron chi connectivity index (χ3n) is 12.5. The molecule has 0 aromatic heterocycles. The summed E-state index contributed by atoms with van der Waals surface area (Å²) >= 11 is 1.93. The summed E-state index contributed by atoms with van der Waals surface area (Å²) in [5.41, 5.74) is 18.8. The van der Waals surface area contributed by atoms with Gasteiger partial charge in [-0.05, 0) is 96.1 Å². The van der Waals surface area contributed by atoms with Crippen LogP contribution in [-0.4, -0.2) is 6.85 Å². The van der Waals surface area contributed by atoms with E-state index in [1.54, 1.807) is 0 Å². The summed E-state index contributed by atoms with van der Waals surface area (Å²) in [5.74, 6) is 0. The summed E-state index contributed by atoms with van der Waals surface area (Å²) in [5, 5.41) is 0. The molecule has 0 N–H and O–H groups in total. The Balaban J connectivity index is 1.36. The minimum absolute atomic E-state index is 0.00285. The molecular weight excluding hydrogens is 657 g/mol. The molecule has 0 atom stereocenters. The Morgan fingerprint density at radius 2 is 1.17 bits per heavy atom. The normalized spacial score (nSPS) is 16.3. The molecule has 0 saturated carbocycles. The van der Waals surface area contributed by atoms with E-state index in [2.05, 4.69) is 195 Å². The molecule has 6 aromatic rings. The molecule has 0 amide bonds. The lowest BCUT2D eigenvalue weighted by Crippen LogP contribution is -2.59. The highest BCUT2D eigenvalue weighted by molar-refractivity contribution is 7.99.